The molecule has 200 valence electrons. The summed E-state index contributed by atoms with van der Waals surface area (Å²) in [5.41, 5.74) is 4.72. The van der Waals surface area contributed by atoms with E-state index in [0.717, 1.165) is 21.7 Å². The maximum Gasteiger partial charge on any atom is 0.283 e. The van der Waals surface area contributed by atoms with Crippen molar-refractivity contribution in [3.63, 3.8) is 0 Å². The number of hydrogen-bond donors (Lipinski definition) is 2. The molecular weight excluding hydrogens is 522 g/mol. The van der Waals surface area contributed by atoms with Crippen LogP contribution in [0.4, 0.5) is 17.1 Å². The van der Waals surface area contributed by atoms with E-state index in [1.807, 2.05) is 38.1 Å². The Kier molecular flexibility index (Phi) is 7.70. The lowest BCUT2D eigenvalue weighted by molar-refractivity contribution is -0.120. The number of methoxy groups -OCH3 is 1. The summed E-state index contributed by atoms with van der Waals surface area (Å²) >= 11 is 1.20. The van der Waals surface area contributed by atoms with Gasteiger partial charge in [-0.2, -0.15) is 0 Å². The molecule has 4 aromatic carbocycles. The Hall–Kier alpha value is -4.82. The van der Waals surface area contributed by atoms with E-state index < -0.39 is 11.8 Å². The topological polar surface area (TPSA) is 87.7 Å². The Morgan fingerprint density at radius 2 is 1.50 bits per heavy atom. The molecule has 0 aliphatic carbocycles. The summed E-state index contributed by atoms with van der Waals surface area (Å²) < 4.78 is 5.20. The van der Waals surface area contributed by atoms with Gasteiger partial charge in [0.05, 0.1) is 12.8 Å². The van der Waals surface area contributed by atoms with Gasteiger partial charge in [0.1, 0.15) is 16.4 Å². The minimum atomic E-state index is -0.417. The van der Waals surface area contributed by atoms with E-state index in [1.165, 1.54) is 16.7 Å². The molecule has 7 nitrogen and oxygen atoms in total. The van der Waals surface area contributed by atoms with E-state index in [-0.39, 0.29) is 11.6 Å². The predicted octanol–water partition coefficient (Wildman–Crippen LogP) is 6.55. The average molecular weight is 550 g/mol. The number of hydrogen-bond acceptors (Lipinski definition) is 6. The zero-order valence-corrected chi connectivity index (χ0v) is 23.0. The predicted molar refractivity (Wildman–Crippen MR) is 159 cm³/mol. The van der Waals surface area contributed by atoms with Crippen LogP contribution in [0.3, 0.4) is 0 Å². The molecule has 5 rings (SSSR count). The van der Waals surface area contributed by atoms with E-state index >= 15 is 0 Å². The molecule has 0 saturated carbocycles. The van der Waals surface area contributed by atoms with E-state index in [0.29, 0.717) is 27.6 Å². The minimum absolute atomic E-state index is 0.220. The van der Waals surface area contributed by atoms with Crippen LogP contribution in [-0.2, 0) is 9.59 Å². The second kappa shape index (κ2) is 11.5. The van der Waals surface area contributed by atoms with Gasteiger partial charge in [-0.25, -0.2) is 4.90 Å². The summed E-state index contributed by atoms with van der Waals surface area (Å²) in [6.07, 6.45) is 0. The first-order chi connectivity index (χ1) is 19.3. The molecule has 4 aromatic rings. The lowest BCUT2D eigenvalue weighted by Gasteiger charge is -2.15. The Morgan fingerprint density at radius 1 is 0.775 bits per heavy atom. The molecule has 1 aliphatic heterocycles. The quantitative estimate of drug-likeness (QED) is 0.242. The van der Waals surface area contributed by atoms with E-state index in [2.05, 4.69) is 10.6 Å². The number of rotatable bonds is 8. The van der Waals surface area contributed by atoms with Crippen LogP contribution in [0.15, 0.2) is 113 Å². The van der Waals surface area contributed by atoms with Gasteiger partial charge in [-0.15, -0.1) is 0 Å². The first-order valence-corrected chi connectivity index (χ1v) is 13.4. The van der Waals surface area contributed by atoms with Crippen LogP contribution in [0.25, 0.3) is 0 Å². The highest BCUT2D eigenvalue weighted by molar-refractivity contribution is 8.04. The zero-order valence-electron chi connectivity index (χ0n) is 22.2. The molecule has 1 heterocycles. The number of para-hydroxylation sites is 1. The van der Waals surface area contributed by atoms with Gasteiger partial charge < -0.3 is 15.4 Å². The molecule has 8 heteroatoms. The molecule has 0 aromatic heterocycles. The van der Waals surface area contributed by atoms with Gasteiger partial charge in [0.2, 0.25) is 0 Å². The summed E-state index contributed by atoms with van der Waals surface area (Å²) in [6.45, 7) is 4.01. The van der Waals surface area contributed by atoms with Crippen LogP contribution in [-0.4, -0.2) is 24.8 Å². The van der Waals surface area contributed by atoms with Gasteiger partial charge in [-0.1, -0.05) is 42.1 Å². The summed E-state index contributed by atoms with van der Waals surface area (Å²) in [4.78, 5) is 42.0. The van der Waals surface area contributed by atoms with Gasteiger partial charge in [-0.05, 0) is 91.7 Å². The largest absolute Gasteiger partial charge is 0.497 e. The number of carbonyl (C=O) groups is 3. The third-order valence-electron chi connectivity index (χ3n) is 6.50. The Bertz CT molecular complexity index is 1630. The van der Waals surface area contributed by atoms with E-state index in [1.54, 1.807) is 79.9 Å². The summed E-state index contributed by atoms with van der Waals surface area (Å²) in [5, 5.41) is 6.07. The molecule has 0 radical (unpaired) electrons. The molecule has 3 amide bonds. The summed E-state index contributed by atoms with van der Waals surface area (Å²) in [7, 11) is 1.55. The van der Waals surface area contributed by atoms with Crippen LogP contribution in [0, 0.1) is 13.8 Å². The fraction of sp³-hybridized carbons (Fsp3) is 0.0938. The van der Waals surface area contributed by atoms with Crippen molar-refractivity contribution in [1.29, 1.82) is 0 Å². The Morgan fingerprint density at radius 3 is 2.20 bits per heavy atom. The minimum Gasteiger partial charge on any atom is -0.497 e. The highest BCUT2D eigenvalue weighted by atomic mass is 32.2. The monoisotopic (exact) mass is 549 g/mol. The van der Waals surface area contributed by atoms with Crippen molar-refractivity contribution in [3.05, 3.63) is 124 Å². The van der Waals surface area contributed by atoms with Crippen molar-refractivity contribution in [3.8, 4) is 5.75 Å². The first kappa shape index (κ1) is 26.8. The van der Waals surface area contributed by atoms with Gasteiger partial charge in [0, 0.05) is 21.8 Å². The Labute approximate surface area is 236 Å². The average Bonchev–Trinajstić information content (AvgIpc) is 3.20. The van der Waals surface area contributed by atoms with Gasteiger partial charge in [0.15, 0.2) is 0 Å². The van der Waals surface area contributed by atoms with Crippen molar-refractivity contribution in [2.24, 2.45) is 0 Å². The highest BCUT2D eigenvalue weighted by Gasteiger charge is 2.40. The van der Waals surface area contributed by atoms with Crippen molar-refractivity contribution in [2.75, 3.05) is 22.6 Å². The maximum atomic E-state index is 13.6. The number of imide groups is 1. The number of nitrogens with zero attached hydrogens (tertiary/aromatic N) is 1. The molecule has 40 heavy (non-hydrogen) atoms. The van der Waals surface area contributed by atoms with Crippen LogP contribution in [0.1, 0.15) is 21.5 Å². The Balaban J connectivity index is 1.40. The summed E-state index contributed by atoms with van der Waals surface area (Å²) in [5.74, 6) is -0.489. The van der Waals surface area contributed by atoms with Crippen LogP contribution in [0.5, 0.6) is 5.75 Å². The van der Waals surface area contributed by atoms with Crippen molar-refractivity contribution >= 4 is 46.5 Å². The van der Waals surface area contributed by atoms with Gasteiger partial charge in [0.25, 0.3) is 17.7 Å². The fourth-order valence-electron chi connectivity index (χ4n) is 4.18. The third-order valence-corrected chi connectivity index (χ3v) is 7.59. The molecule has 1 aliphatic rings. The molecule has 0 fully saturated rings. The zero-order chi connectivity index (χ0) is 28.2. The smallest absolute Gasteiger partial charge is 0.283 e. The lowest BCUT2D eigenvalue weighted by Crippen LogP contribution is -2.32. The van der Waals surface area contributed by atoms with Crippen molar-refractivity contribution < 1.29 is 19.1 Å². The molecule has 0 atom stereocenters. The molecular formula is C32H27N3O4S. The van der Waals surface area contributed by atoms with Crippen molar-refractivity contribution in [1.82, 2.24) is 0 Å². The third kappa shape index (κ3) is 5.62. The number of anilines is 3. The number of amides is 3. The van der Waals surface area contributed by atoms with Gasteiger partial charge >= 0.3 is 0 Å². The number of carbonyl (C=O) groups excluding carboxylic acids is 3. The number of ether oxygens (including phenoxy) is 1. The number of benzene rings is 4. The van der Waals surface area contributed by atoms with Gasteiger partial charge in [-0.3, -0.25) is 14.4 Å². The normalized spacial score (nSPS) is 13.0. The van der Waals surface area contributed by atoms with Crippen molar-refractivity contribution in [2.45, 2.75) is 18.7 Å². The van der Waals surface area contributed by atoms with Crippen LogP contribution < -0.4 is 20.3 Å². The molecule has 0 spiro atoms. The number of aryl methyl sites for hydroxylation is 2. The molecule has 0 bridgehead atoms. The lowest BCUT2D eigenvalue weighted by atomic mass is 10.1. The van der Waals surface area contributed by atoms with E-state index in [4.69, 9.17) is 4.74 Å². The number of thioether (sulfide) groups is 1. The molecule has 0 unspecified atom stereocenters. The molecule has 0 saturated heterocycles. The maximum absolute atomic E-state index is 13.6. The number of nitrogens with one attached hydrogen (secondary N) is 2. The first-order valence-electron chi connectivity index (χ1n) is 12.6. The second-order valence-electron chi connectivity index (χ2n) is 9.22. The second-order valence-corrected chi connectivity index (χ2v) is 10.3. The SMILES string of the molecule is COc1cccc(C(=O)Nc2ccc(SC3=C(Nc4ccc(C)c(C)c4)C(=O)N(c4ccccc4)C3=O)cc2)c1. The van der Waals surface area contributed by atoms with Crippen LogP contribution >= 0.6 is 11.8 Å². The van der Waals surface area contributed by atoms with Crippen LogP contribution in [0.2, 0.25) is 0 Å². The fourth-order valence-corrected chi connectivity index (χ4v) is 5.11. The summed E-state index contributed by atoms with van der Waals surface area (Å²) in [6, 6.07) is 28.7. The highest BCUT2D eigenvalue weighted by Crippen LogP contribution is 2.38. The molecule has 2 N–H and O–H groups in total. The standard InChI is InChI=1S/C32H27N3O4S/c1-20-12-13-24(18-21(20)2)33-28-29(32(38)35(31(28)37)25-9-5-4-6-10-25)40-27-16-14-23(15-17-27)34-30(36)22-8-7-11-26(19-22)39-3/h4-19,33H,1-3H3,(H,34,36). The van der Waals surface area contributed by atoms with E-state index in [9.17, 15) is 14.4 Å².